The highest BCUT2D eigenvalue weighted by atomic mass is 35.5. The Morgan fingerprint density at radius 1 is 0.833 bits per heavy atom. The maximum absolute atomic E-state index is 12.4. The third kappa shape index (κ3) is 6.63. The summed E-state index contributed by atoms with van der Waals surface area (Å²) in [5, 5.41) is 8.81. The molecule has 5 aromatic rings. The Kier molecular flexibility index (Phi) is 9.18. The molecule has 0 unspecified atom stereocenters. The molecule has 4 N–H and O–H groups in total. The number of fused-ring (bicyclic) bond motifs is 1. The molecule has 216 valence electrons. The van der Waals surface area contributed by atoms with Crippen molar-refractivity contribution in [1.82, 2.24) is 15.1 Å². The van der Waals surface area contributed by atoms with Gasteiger partial charge < -0.3 is 11.1 Å². The minimum atomic E-state index is -3.70. The number of nitrogens with one attached hydrogen (secondary N) is 2. The predicted octanol–water partition coefficient (Wildman–Crippen LogP) is 7.43. The van der Waals surface area contributed by atoms with Crippen molar-refractivity contribution < 1.29 is 8.42 Å². The van der Waals surface area contributed by atoms with Gasteiger partial charge in [-0.1, -0.05) is 71.7 Å². The van der Waals surface area contributed by atoms with Gasteiger partial charge in [0, 0.05) is 23.7 Å². The Bertz CT molecular complexity index is 1760. The number of nitrogens with two attached hydrogens (primary N) is 1. The molecule has 1 aromatic heterocycles. The van der Waals surface area contributed by atoms with Crippen LogP contribution < -0.4 is 15.8 Å². The first-order valence-corrected chi connectivity index (χ1v) is 15.7. The second-order valence-corrected chi connectivity index (χ2v) is 12.4. The normalized spacial score (nSPS) is 16.2. The fraction of sp³-hybridized carbons (Fsp3) is 0.156. The first kappa shape index (κ1) is 29.7. The fourth-order valence-electron chi connectivity index (χ4n) is 5.16. The molecule has 0 bridgehead atoms. The van der Waals surface area contributed by atoms with E-state index in [1.807, 2.05) is 49.5 Å². The average molecular weight is 621 g/mol. The summed E-state index contributed by atoms with van der Waals surface area (Å²) in [6.07, 6.45) is 3.80. The summed E-state index contributed by atoms with van der Waals surface area (Å²) < 4.78 is 28.9. The molecule has 2 atom stereocenters. The number of sulfonamides is 1. The minimum Gasteiger partial charge on any atom is -0.399 e. The molecule has 0 radical (unpaired) electrons. The lowest BCUT2D eigenvalue weighted by atomic mass is 9.77. The summed E-state index contributed by atoms with van der Waals surface area (Å²) in [7, 11) is -1.67. The van der Waals surface area contributed by atoms with Crippen molar-refractivity contribution in [1.29, 1.82) is 0 Å². The van der Waals surface area contributed by atoms with E-state index in [0.717, 1.165) is 18.5 Å². The monoisotopic (exact) mass is 619 g/mol. The molecule has 6 rings (SSSR count). The van der Waals surface area contributed by atoms with Gasteiger partial charge in [0.25, 0.3) is 10.0 Å². The van der Waals surface area contributed by atoms with E-state index in [2.05, 4.69) is 45.5 Å². The molecule has 4 aromatic carbocycles. The molecular weight excluding hydrogens is 589 g/mol. The number of nitrogens with zero attached hydrogens (tertiary/aromatic N) is 2. The summed E-state index contributed by atoms with van der Waals surface area (Å²) in [5.74, 6) is 0.772. The summed E-state index contributed by atoms with van der Waals surface area (Å²) >= 11 is 12.2. The van der Waals surface area contributed by atoms with Gasteiger partial charge in [-0.2, -0.15) is 5.10 Å². The van der Waals surface area contributed by atoms with E-state index >= 15 is 0 Å². The van der Waals surface area contributed by atoms with Gasteiger partial charge in [-0.15, -0.1) is 0 Å². The highest BCUT2D eigenvalue weighted by molar-refractivity contribution is 7.92. The van der Waals surface area contributed by atoms with Crippen LogP contribution in [0.4, 0.5) is 11.5 Å². The van der Waals surface area contributed by atoms with Crippen molar-refractivity contribution in [3.05, 3.63) is 136 Å². The highest BCUT2D eigenvalue weighted by Gasteiger charge is 2.27. The zero-order chi connectivity index (χ0) is 29.7. The van der Waals surface area contributed by atoms with Crippen LogP contribution in [0.3, 0.4) is 0 Å². The van der Waals surface area contributed by atoms with E-state index in [1.54, 1.807) is 18.2 Å². The van der Waals surface area contributed by atoms with Crippen LogP contribution in [0.5, 0.6) is 0 Å². The second kappa shape index (κ2) is 13.0. The Morgan fingerprint density at radius 3 is 2.21 bits per heavy atom. The molecule has 1 aliphatic rings. The summed E-state index contributed by atoms with van der Waals surface area (Å²) in [6, 6.07) is 32.0. The van der Waals surface area contributed by atoms with Gasteiger partial charge in [-0.05, 0) is 85.1 Å². The minimum absolute atomic E-state index is 0.141. The van der Waals surface area contributed by atoms with Gasteiger partial charge in [0.1, 0.15) is 5.82 Å². The lowest BCUT2D eigenvalue weighted by molar-refractivity contribution is 0.471. The second-order valence-electron chi connectivity index (χ2n) is 9.91. The van der Waals surface area contributed by atoms with Crippen LogP contribution in [0, 0.1) is 0 Å². The number of benzene rings is 4. The molecule has 0 saturated heterocycles. The zero-order valence-electron chi connectivity index (χ0n) is 22.9. The third-order valence-corrected chi connectivity index (χ3v) is 9.37. The van der Waals surface area contributed by atoms with Crippen molar-refractivity contribution in [2.45, 2.75) is 29.7 Å². The zero-order valence-corrected chi connectivity index (χ0v) is 25.2. The summed E-state index contributed by atoms with van der Waals surface area (Å²) in [5.41, 5.74) is 10.9. The van der Waals surface area contributed by atoms with Crippen LogP contribution in [-0.2, 0) is 10.0 Å². The number of rotatable bonds is 6. The standard InChI is InChI=1S/C17H17Cl2N.C15H14N4O2S/c1-20-17-9-7-12(13-4-2-3-5-14(13)17)11-6-8-15(18)16(19)10-11;16-12-6-8-14(9-7-12)22(20,21)18-15-10-11-17-19(15)13-4-2-1-3-5-13/h2-6,8,10,12,17,20H,7,9H2,1H3;1-11,18H,16H2/t12-,17-;/m0./s1. The van der Waals surface area contributed by atoms with Gasteiger partial charge in [0.05, 0.1) is 26.8 Å². The Hall–Kier alpha value is -3.82. The Balaban J connectivity index is 0.000000169. The van der Waals surface area contributed by atoms with Crippen LogP contribution in [-0.4, -0.2) is 25.2 Å². The van der Waals surface area contributed by atoms with E-state index in [-0.39, 0.29) is 4.90 Å². The number of halogens is 2. The van der Waals surface area contributed by atoms with E-state index in [9.17, 15) is 8.42 Å². The Labute approximate surface area is 256 Å². The first-order valence-electron chi connectivity index (χ1n) is 13.5. The number of anilines is 2. The molecule has 0 saturated carbocycles. The van der Waals surface area contributed by atoms with Crippen LogP contribution in [0.15, 0.2) is 114 Å². The van der Waals surface area contributed by atoms with E-state index < -0.39 is 10.0 Å². The van der Waals surface area contributed by atoms with Crippen molar-refractivity contribution in [2.75, 3.05) is 17.5 Å². The topological polar surface area (TPSA) is 102 Å². The Morgan fingerprint density at radius 2 is 1.52 bits per heavy atom. The van der Waals surface area contributed by atoms with Gasteiger partial charge in [-0.25, -0.2) is 13.1 Å². The van der Waals surface area contributed by atoms with Crippen LogP contribution >= 0.6 is 23.2 Å². The number of para-hydroxylation sites is 1. The van der Waals surface area contributed by atoms with Crippen LogP contribution in [0.1, 0.15) is 41.5 Å². The van der Waals surface area contributed by atoms with E-state index in [4.69, 9.17) is 28.9 Å². The molecule has 0 amide bonds. The molecule has 1 heterocycles. The van der Waals surface area contributed by atoms with Gasteiger partial charge in [0.2, 0.25) is 0 Å². The van der Waals surface area contributed by atoms with Crippen molar-refractivity contribution in [3.63, 3.8) is 0 Å². The molecule has 10 heteroatoms. The quantitative estimate of drug-likeness (QED) is 0.171. The lowest BCUT2D eigenvalue weighted by Gasteiger charge is -2.32. The summed E-state index contributed by atoms with van der Waals surface area (Å²) in [6.45, 7) is 0. The van der Waals surface area contributed by atoms with Crippen LogP contribution in [0.2, 0.25) is 10.0 Å². The maximum Gasteiger partial charge on any atom is 0.263 e. The van der Waals surface area contributed by atoms with Crippen molar-refractivity contribution in [3.8, 4) is 5.69 Å². The largest absolute Gasteiger partial charge is 0.399 e. The van der Waals surface area contributed by atoms with Gasteiger partial charge >= 0.3 is 0 Å². The van der Waals surface area contributed by atoms with Gasteiger partial charge in [-0.3, -0.25) is 4.72 Å². The third-order valence-electron chi connectivity index (χ3n) is 7.26. The number of hydrogen-bond donors (Lipinski definition) is 3. The van der Waals surface area contributed by atoms with E-state index in [0.29, 0.717) is 33.5 Å². The fourth-order valence-corrected chi connectivity index (χ4v) is 6.51. The average Bonchev–Trinajstić information content (AvgIpc) is 3.46. The number of aromatic nitrogens is 2. The molecule has 1 aliphatic carbocycles. The smallest absolute Gasteiger partial charge is 0.263 e. The van der Waals surface area contributed by atoms with E-state index in [1.165, 1.54) is 39.7 Å². The molecule has 0 aliphatic heterocycles. The van der Waals surface area contributed by atoms with Crippen LogP contribution in [0.25, 0.3) is 5.69 Å². The molecule has 42 heavy (non-hydrogen) atoms. The number of nitrogen functional groups attached to an aromatic ring is 1. The first-order chi connectivity index (χ1) is 20.3. The molecule has 7 nitrogen and oxygen atoms in total. The van der Waals surface area contributed by atoms with Gasteiger partial charge in [0.15, 0.2) is 0 Å². The molecule has 0 fully saturated rings. The van der Waals surface area contributed by atoms with Crippen molar-refractivity contribution >= 4 is 44.7 Å². The number of hydrogen-bond acceptors (Lipinski definition) is 5. The highest BCUT2D eigenvalue weighted by Crippen LogP contribution is 2.42. The molecular formula is C32H31Cl2N5O2S. The molecule has 0 spiro atoms. The maximum atomic E-state index is 12.4. The summed E-state index contributed by atoms with van der Waals surface area (Å²) in [4.78, 5) is 0.141. The lowest BCUT2D eigenvalue weighted by Crippen LogP contribution is -2.24. The van der Waals surface area contributed by atoms with Crippen molar-refractivity contribution in [2.24, 2.45) is 0 Å². The predicted molar refractivity (Wildman–Crippen MR) is 171 cm³/mol. The SMILES string of the molecule is CN[C@H]1CC[C@@H](c2ccc(Cl)c(Cl)c2)c2ccccc21.Nc1ccc(S(=O)(=O)Nc2ccnn2-c2ccccc2)cc1.